The average Bonchev–Trinajstić information content (AvgIpc) is 2.98. The van der Waals surface area contributed by atoms with Crippen LogP contribution >= 0.6 is 15.9 Å². The van der Waals surface area contributed by atoms with Gasteiger partial charge in [0.1, 0.15) is 5.82 Å². The maximum atomic E-state index is 13.5. The molecule has 0 aliphatic rings. The number of hydrogen-bond donors (Lipinski definition) is 2. The molecule has 116 valence electrons. The summed E-state index contributed by atoms with van der Waals surface area (Å²) in [5.74, 6) is -0.116. The summed E-state index contributed by atoms with van der Waals surface area (Å²) < 4.78 is 14.4. The van der Waals surface area contributed by atoms with E-state index in [4.69, 9.17) is 0 Å². The fourth-order valence-electron chi connectivity index (χ4n) is 2.08. The smallest absolute Gasteiger partial charge is 0.249 e. The topological polar surface area (TPSA) is 70.7 Å². The number of rotatable bonds is 4. The highest BCUT2D eigenvalue weighted by Gasteiger charge is 2.12. The number of carbonyl (C=O) groups excluding carboxylic acids is 1. The molecule has 3 rings (SSSR count). The van der Waals surface area contributed by atoms with E-state index in [0.717, 1.165) is 10.0 Å². The molecule has 0 saturated heterocycles. The van der Waals surface area contributed by atoms with Gasteiger partial charge in [0.25, 0.3) is 0 Å². The third-order valence-corrected chi connectivity index (χ3v) is 3.87. The molecular formula is C16H12BrFN4O. The van der Waals surface area contributed by atoms with Crippen LogP contribution in [0.5, 0.6) is 0 Å². The number of amides is 1. The van der Waals surface area contributed by atoms with Crippen molar-refractivity contribution in [2.24, 2.45) is 0 Å². The maximum Gasteiger partial charge on any atom is 0.249 e. The lowest BCUT2D eigenvalue weighted by Gasteiger charge is -2.02. The number of hydrogen-bond acceptors (Lipinski definition) is 3. The van der Waals surface area contributed by atoms with Crippen molar-refractivity contribution in [2.45, 2.75) is 6.42 Å². The Morgan fingerprint density at radius 1 is 1.17 bits per heavy atom. The Morgan fingerprint density at radius 2 is 1.91 bits per heavy atom. The van der Waals surface area contributed by atoms with Crippen LogP contribution in [0.2, 0.25) is 0 Å². The van der Waals surface area contributed by atoms with E-state index >= 15 is 0 Å². The minimum absolute atomic E-state index is 0.0778. The van der Waals surface area contributed by atoms with Crippen molar-refractivity contribution in [3.8, 4) is 11.4 Å². The number of benzene rings is 2. The van der Waals surface area contributed by atoms with E-state index in [9.17, 15) is 9.18 Å². The van der Waals surface area contributed by atoms with Crippen molar-refractivity contribution >= 4 is 27.8 Å². The first-order valence-electron chi connectivity index (χ1n) is 6.84. The predicted octanol–water partition coefficient (Wildman–Crippen LogP) is 3.55. The van der Waals surface area contributed by atoms with E-state index in [1.165, 1.54) is 6.07 Å². The molecule has 2 N–H and O–H groups in total. The van der Waals surface area contributed by atoms with Crippen LogP contribution in [0.15, 0.2) is 53.0 Å². The molecule has 0 saturated carbocycles. The average molecular weight is 375 g/mol. The molecule has 3 aromatic rings. The molecule has 5 nitrogen and oxygen atoms in total. The Hall–Kier alpha value is -2.54. The monoisotopic (exact) mass is 374 g/mol. The number of anilines is 1. The van der Waals surface area contributed by atoms with E-state index in [-0.39, 0.29) is 18.3 Å². The predicted molar refractivity (Wildman–Crippen MR) is 88.3 cm³/mol. The molecule has 0 atom stereocenters. The van der Waals surface area contributed by atoms with Gasteiger partial charge < -0.3 is 0 Å². The molecule has 1 amide bonds. The zero-order valence-corrected chi connectivity index (χ0v) is 13.5. The van der Waals surface area contributed by atoms with Crippen LogP contribution in [0.1, 0.15) is 5.56 Å². The summed E-state index contributed by atoms with van der Waals surface area (Å²) in [7, 11) is 0. The number of nitrogens with zero attached hydrogens (tertiary/aromatic N) is 2. The Morgan fingerprint density at radius 3 is 2.70 bits per heavy atom. The first kappa shape index (κ1) is 15.4. The van der Waals surface area contributed by atoms with E-state index in [1.54, 1.807) is 18.2 Å². The van der Waals surface area contributed by atoms with Crippen molar-refractivity contribution < 1.29 is 9.18 Å². The second-order valence-electron chi connectivity index (χ2n) is 4.80. The van der Waals surface area contributed by atoms with Gasteiger partial charge in [0.05, 0.1) is 6.42 Å². The van der Waals surface area contributed by atoms with Crippen molar-refractivity contribution in [1.82, 2.24) is 15.2 Å². The lowest BCUT2D eigenvalue weighted by molar-refractivity contribution is -0.115. The molecule has 0 radical (unpaired) electrons. The van der Waals surface area contributed by atoms with Gasteiger partial charge in [-0.3, -0.25) is 15.2 Å². The summed E-state index contributed by atoms with van der Waals surface area (Å²) in [5, 5.41) is 9.27. The minimum Gasteiger partial charge on any atom is -0.293 e. The summed E-state index contributed by atoms with van der Waals surface area (Å²) in [5.41, 5.74) is 1.15. The van der Waals surface area contributed by atoms with Gasteiger partial charge in [0.2, 0.25) is 11.9 Å². The Bertz CT molecular complexity index is 849. The van der Waals surface area contributed by atoms with Crippen molar-refractivity contribution in [1.29, 1.82) is 0 Å². The highest BCUT2D eigenvalue weighted by atomic mass is 79.9. The molecule has 1 heterocycles. The second kappa shape index (κ2) is 6.70. The first-order valence-corrected chi connectivity index (χ1v) is 7.63. The summed E-state index contributed by atoms with van der Waals surface area (Å²) in [6.07, 6.45) is -0.0778. The van der Waals surface area contributed by atoms with Crippen LogP contribution < -0.4 is 5.32 Å². The zero-order chi connectivity index (χ0) is 16.2. The summed E-state index contributed by atoms with van der Waals surface area (Å²) >= 11 is 3.43. The normalized spacial score (nSPS) is 10.5. The van der Waals surface area contributed by atoms with Crippen LogP contribution in [-0.4, -0.2) is 21.1 Å². The molecule has 23 heavy (non-hydrogen) atoms. The van der Waals surface area contributed by atoms with Crippen LogP contribution in [0.4, 0.5) is 10.3 Å². The molecule has 0 spiro atoms. The zero-order valence-electron chi connectivity index (χ0n) is 11.9. The van der Waals surface area contributed by atoms with Crippen molar-refractivity contribution in [2.75, 3.05) is 5.32 Å². The quantitative estimate of drug-likeness (QED) is 0.733. The van der Waals surface area contributed by atoms with Gasteiger partial charge in [-0.25, -0.2) is 4.39 Å². The molecule has 0 aliphatic carbocycles. The fraction of sp³-hybridized carbons (Fsp3) is 0.0625. The molecule has 1 aromatic heterocycles. The van der Waals surface area contributed by atoms with Crippen LogP contribution in [0.25, 0.3) is 11.4 Å². The highest BCUT2D eigenvalue weighted by Crippen LogP contribution is 2.25. The Balaban J connectivity index is 1.71. The van der Waals surface area contributed by atoms with Crippen LogP contribution in [0.3, 0.4) is 0 Å². The SMILES string of the molecule is O=C(Cc1ccccc1F)Nc1n[nH]c(-c2ccccc2Br)n1. The Kier molecular flexibility index (Phi) is 4.47. The second-order valence-corrected chi connectivity index (χ2v) is 5.66. The molecule has 0 aliphatic heterocycles. The van der Waals surface area contributed by atoms with Gasteiger partial charge in [0, 0.05) is 10.0 Å². The van der Waals surface area contributed by atoms with Gasteiger partial charge >= 0.3 is 0 Å². The molecule has 0 unspecified atom stereocenters. The summed E-state index contributed by atoms with van der Waals surface area (Å²) in [6.45, 7) is 0. The van der Waals surface area contributed by atoms with Gasteiger partial charge in [-0.05, 0) is 17.7 Å². The number of carbonyl (C=O) groups is 1. The molecule has 0 bridgehead atoms. The molecule has 7 heteroatoms. The lowest BCUT2D eigenvalue weighted by Crippen LogP contribution is -2.16. The number of halogens is 2. The van der Waals surface area contributed by atoms with E-state index < -0.39 is 5.82 Å². The third-order valence-electron chi connectivity index (χ3n) is 3.17. The number of aromatic nitrogens is 3. The lowest BCUT2D eigenvalue weighted by atomic mass is 10.1. The third kappa shape index (κ3) is 3.62. The van der Waals surface area contributed by atoms with Gasteiger partial charge in [-0.15, -0.1) is 5.10 Å². The van der Waals surface area contributed by atoms with Crippen LogP contribution in [-0.2, 0) is 11.2 Å². The number of nitrogens with one attached hydrogen (secondary N) is 2. The molecule has 0 fully saturated rings. The molecule has 2 aromatic carbocycles. The van der Waals surface area contributed by atoms with E-state index in [2.05, 4.69) is 36.4 Å². The van der Waals surface area contributed by atoms with Crippen molar-refractivity contribution in [3.63, 3.8) is 0 Å². The highest BCUT2D eigenvalue weighted by molar-refractivity contribution is 9.10. The maximum absolute atomic E-state index is 13.5. The van der Waals surface area contributed by atoms with Gasteiger partial charge in [-0.1, -0.05) is 52.3 Å². The van der Waals surface area contributed by atoms with Crippen LogP contribution in [0, 0.1) is 5.82 Å². The standard InChI is InChI=1S/C16H12BrFN4O/c17-12-7-3-2-6-11(12)15-20-16(22-21-15)19-14(23)9-10-5-1-4-8-13(10)18/h1-8H,9H2,(H2,19,20,21,22,23). The van der Waals surface area contributed by atoms with Gasteiger partial charge in [0.15, 0.2) is 5.82 Å². The minimum atomic E-state index is -0.411. The van der Waals surface area contributed by atoms with Gasteiger partial charge in [-0.2, -0.15) is 4.98 Å². The largest absolute Gasteiger partial charge is 0.293 e. The van der Waals surface area contributed by atoms with E-state index in [0.29, 0.717) is 11.4 Å². The first-order chi connectivity index (χ1) is 11.1. The summed E-state index contributed by atoms with van der Waals surface area (Å²) in [6, 6.07) is 13.7. The Labute approximate surface area is 140 Å². The number of H-pyrrole nitrogens is 1. The van der Waals surface area contributed by atoms with E-state index in [1.807, 2.05) is 24.3 Å². The van der Waals surface area contributed by atoms with Crippen molar-refractivity contribution in [3.05, 3.63) is 64.4 Å². The fourth-order valence-corrected chi connectivity index (χ4v) is 2.55. The summed E-state index contributed by atoms with van der Waals surface area (Å²) in [4.78, 5) is 16.2. The molecular weight excluding hydrogens is 363 g/mol. The number of aromatic amines is 1.